The van der Waals surface area contributed by atoms with Gasteiger partial charge in [0, 0.05) is 32.3 Å². The molecule has 22 heavy (non-hydrogen) atoms. The highest BCUT2D eigenvalue weighted by atomic mass is 16.2. The maximum Gasteiger partial charge on any atom is 0.274 e. The fourth-order valence-corrected chi connectivity index (χ4v) is 1.98. The molecule has 0 bridgehead atoms. The van der Waals surface area contributed by atoms with Gasteiger partial charge < -0.3 is 10.2 Å². The first kappa shape index (κ1) is 18.1. The zero-order chi connectivity index (χ0) is 16.4. The summed E-state index contributed by atoms with van der Waals surface area (Å²) in [6.07, 6.45) is 6.24. The number of nitrogens with zero attached hydrogens (tertiary/aromatic N) is 3. The van der Waals surface area contributed by atoms with Gasteiger partial charge in [0.25, 0.3) is 5.91 Å². The van der Waals surface area contributed by atoms with Crippen LogP contribution in [0.15, 0.2) is 12.4 Å². The lowest BCUT2D eigenvalue weighted by atomic mass is 10.2. The standard InChI is InChI=1S/C16H26N4O2/c1-4-6-8-17-15(21)7-10-20(9-5-2)16(22)14-12-18-13(3)11-19-14/h11-12H,4-10H2,1-3H3,(H,17,21). The molecule has 1 heterocycles. The van der Waals surface area contributed by atoms with Gasteiger partial charge in [0.15, 0.2) is 0 Å². The highest BCUT2D eigenvalue weighted by molar-refractivity contribution is 5.92. The smallest absolute Gasteiger partial charge is 0.274 e. The van der Waals surface area contributed by atoms with Crippen LogP contribution >= 0.6 is 0 Å². The molecule has 1 rings (SSSR count). The van der Waals surface area contributed by atoms with E-state index >= 15 is 0 Å². The number of hydrogen-bond acceptors (Lipinski definition) is 4. The molecule has 0 radical (unpaired) electrons. The Balaban J connectivity index is 2.55. The third-order valence-corrected chi connectivity index (χ3v) is 3.24. The molecule has 6 heteroatoms. The number of aryl methyl sites for hydroxylation is 1. The monoisotopic (exact) mass is 306 g/mol. The Bertz CT molecular complexity index is 474. The van der Waals surface area contributed by atoms with Crippen molar-refractivity contribution >= 4 is 11.8 Å². The van der Waals surface area contributed by atoms with Crippen LogP contribution in [0.3, 0.4) is 0 Å². The number of amides is 2. The summed E-state index contributed by atoms with van der Waals surface area (Å²) in [4.78, 5) is 34.0. The minimum Gasteiger partial charge on any atom is -0.356 e. The number of aromatic nitrogens is 2. The molecule has 0 aromatic carbocycles. The van der Waals surface area contributed by atoms with Gasteiger partial charge in [-0.2, -0.15) is 0 Å². The molecule has 0 aliphatic carbocycles. The molecule has 1 aromatic heterocycles. The van der Waals surface area contributed by atoms with E-state index in [1.54, 1.807) is 11.1 Å². The van der Waals surface area contributed by atoms with Gasteiger partial charge in [-0.25, -0.2) is 4.98 Å². The number of hydrogen-bond donors (Lipinski definition) is 1. The van der Waals surface area contributed by atoms with E-state index in [1.807, 2.05) is 13.8 Å². The average molecular weight is 306 g/mol. The van der Waals surface area contributed by atoms with Crippen LogP contribution < -0.4 is 5.32 Å². The number of carbonyl (C=O) groups excluding carboxylic acids is 2. The first-order valence-corrected chi connectivity index (χ1v) is 7.93. The summed E-state index contributed by atoms with van der Waals surface area (Å²) in [5, 5.41) is 2.86. The Morgan fingerprint density at radius 2 is 1.91 bits per heavy atom. The zero-order valence-corrected chi connectivity index (χ0v) is 13.8. The van der Waals surface area contributed by atoms with Gasteiger partial charge in [-0.05, 0) is 19.8 Å². The van der Waals surface area contributed by atoms with Gasteiger partial charge in [-0.3, -0.25) is 14.6 Å². The molecule has 2 amide bonds. The van der Waals surface area contributed by atoms with Gasteiger partial charge in [0.2, 0.25) is 5.91 Å². The minimum absolute atomic E-state index is 0.0163. The van der Waals surface area contributed by atoms with Crippen LogP contribution in [0.5, 0.6) is 0 Å². The molecule has 122 valence electrons. The molecule has 1 aromatic rings. The van der Waals surface area contributed by atoms with Gasteiger partial charge in [0.1, 0.15) is 5.69 Å². The summed E-state index contributed by atoms with van der Waals surface area (Å²) in [5.41, 5.74) is 1.10. The maximum absolute atomic E-state index is 12.4. The van der Waals surface area contributed by atoms with E-state index in [0.717, 1.165) is 25.0 Å². The maximum atomic E-state index is 12.4. The Morgan fingerprint density at radius 1 is 1.14 bits per heavy atom. The highest BCUT2D eigenvalue weighted by Crippen LogP contribution is 2.04. The van der Waals surface area contributed by atoms with Crippen molar-refractivity contribution in [3.63, 3.8) is 0 Å². The third kappa shape index (κ3) is 6.20. The Kier molecular flexibility index (Phi) is 8.10. The summed E-state index contributed by atoms with van der Waals surface area (Å²) in [6.45, 7) is 7.61. The summed E-state index contributed by atoms with van der Waals surface area (Å²) in [7, 11) is 0. The van der Waals surface area contributed by atoms with Crippen molar-refractivity contribution in [2.45, 2.75) is 46.5 Å². The topological polar surface area (TPSA) is 75.2 Å². The molecule has 0 aliphatic heterocycles. The van der Waals surface area contributed by atoms with Crippen LogP contribution in [-0.2, 0) is 4.79 Å². The summed E-state index contributed by atoms with van der Waals surface area (Å²) >= 11 is 0. The van der Waals surface area contributed by atoms with Crippen LogP contribution in [0.2, 0.25) is 0 Å². The Hall–Kier alpha value is -1.98. The van der Waals surface area contributed by atoms with E-state index < -0.39 is 0 Å². The van der Waals surface area contributed by atoms with E-state index in [9.17, 15) is 9.59 Å². The second-order valence-electron chi connectivity index (χ2n) is 5.29. The zero-order valence-electron chi connectivity index (χ0n) is 13.8. The van der Waals surface area contributed by atoms with Gasteiger partial charge in [0.05, 0.1) is 11.9 Å². The molecule has 0 saturated heterocycles. The molecule has 0 unspecified atom stereocenters. The molecule has 0 aliphatic rings. The third-order valence-electron chi connectivity index (χ3n) is 3.24. The molecule has 0 saturated carbocycles. The van der Waals surface area contributed by atoms with E-state index in [-0.39, 0.29) is 11.8 Å². The van der Waals surface area contributed by atoms with Crippen molar-refractivity contribution in [2.75, 3.05) is 19.6 Å². The second-order valence-corrected chi connectivity index (χ2v) is 5.29. The molecule has 0 atom stereocenters. The molecule has 1 N–H and O–H groups in total. The number of rotatable bonds is 9. The Labute approximate surface area is 132 Å². The predicted molar refractivity (Wildman–Crippen MR) is 85.5 cm³/mol. The quantitative estimate of drug-likeness (QED) is 0.708. The van der Waals surface area contributed by atoms with E-state index in [1.165, 1.54) is 6.20 Å². The normalized spacial score (nSPS) is 10.3. The lowest BCUT2D eigenvalue weighted by Crippen LogP contribution is -2.36. The second kappa shape index (κ2) is 9.87. The summed E-state index contributed by atoms with van der Waals surface area (Å²) in [6, 6.07) is 0. The van der Waals surface area contributed by atoms with E-state index in [2.05, 4.69) is 22.2 Å². The molecule has 6 nitrogen and oxygen atoms in total. The Morgan fingerprint density at radius 3 is 2.50 bits per heavy atom. The van der Waals surface area contributed by atoms with Crippen molar-refractivity contribution in [1.82, 2.24) is 20.2 Å². The first-order chi connectivity index (χ1) is 10.6. The van der Waals surface area contributed by atoms with Gasteiger partial charge in [-0.15, -0.1) is 0 Å². The summed E-state index contributed by atoms with van der Waals surface area (Å²) < 4.78 is 0. The van der Waals surface area contributed by atoms with Crippen LogP contribution in [0.25, 0.3) is 0 Å². The van der Waals surface area contributed by atoms with Crippen LogP contribution in [0, 0.1) is 6.92 Å². The van der Waals surface area contributed by atoms with Crippen molar-refractivity contribution in [1.29, 1.82) is 0 Å². The first-order valence-electron chi connectivity index (χ1n) is 7.93. The summed E-state index contributed by atoms with van der Waals surface area (Å²) in [5.74, 6) is -0.187. The predicted octanol–water partition coefficient (Wildman–Crippen LogP) is 1.94. The lowest BCUT2D eigenvalue weighted by Gasteiger charge is -2.21. The lowest BCUT2D eigenvalue weighted by molar-refractivity contribution is -0.121. The fraction of sp³-hybridized carbons (Fsp3) is 0.625. The molecular weight excluding hydrogens is 280 g/mol. The van der Waals surface area contributed by atoms with E-state index in [0.29, 0.717) is 31.7 Å². The minimum atomic E-state index is -0.171. The van der Waals surface area contributed by atoms with Crippen molar-refractivity contribution in [2.24, 2.45) is 0 Å². The van der Waals surface area contributed by atoms with Crippen LogP contribution in [0.1, 0.15) is 55.7 Å². The SMILES string of the molecule is CCCCNC(=O)CCN(CCC)C(=O)c1cnc(C)cn1. The van der Waals surface area contributed by atoms with Crippen LogP contribution in [-0.4, -0.2) is 46.3 Å². The van der Waals surface area contributed by atoms with Crippen molar-refractivity contribution in [3.05, 3.63) is 23.8 Å². The molecule has 0 fully saturated rings. The number of carbonyl (C=O) groups is 2. The average Bonchev–Trinajstić information content (AvgIpc) is 2.52. The van der Waals surface area contributed by atoms with Gasteiger partial charge >= 0.3 is 0 Å². The molecular formula is C16H26N4O2. The van der Waals surface area contributed by atoms with Crippen molar-refractivity contribution in [3.8, 4) is 0 Å². The van der Waals surface area contributed by atoms with Crippen LogP contribution in [0.4, 0.5) is 0 Å². The van der Waals surface area contributed by atoms with Gasteiger partial charge in [-0.1, -0.05) is 20.3 Å². The van der Waals surface area contributed by atoms with Crippen molar-refractivity contribution < 1.29 is 9.59 Å². The largest absolute Gasteiger partial charge is 0.356 e. The highest BCUT2D eigenvalue weighted by Gasteiger charge is 2.17. The van der Waals surface area contributed by atoms with E-state index in [4.69, 9.17) is 0 Å². The molecule has 0 spiro atoms. The number of unbranched alkanes of at least 4 members (excludes halogenated alkanes) is 1. The fourth-order valence-electron chi connectivity index (χ4n) is 1.98. The number of nitrogens with one attached hydrogen (secondary N) is 1.